The minimum absolute atomic E-state index is 0. The molecule has 0 aromatic carbocycles. The Morgan fingerprint density at radius 1 is 1.38 bits per heavy atom. The Labute approximate surface area is 115 Å². The minimum atomic E-state index is 0. The second kappa shape index (κ2) is 11.3. The first kappa shape index (κ1) is 16.7. The number of thiocarbonyl (C=S) groups is 1. The Morgan fingerprint density at radius 3 is 2.00 bits per heavy atom. The van der Waals surface area contributed by atoms with Crippen LogP contribution >= 0.6 is 24.8 Å². The molecule has 72 valence electrons. The van der Waals surface area contributed by atoms with Crippen LogP contribution in [-0.4, -0.2) is 4.32 Å². The van der Waals surface area contributed by atoms with Gasteiger partial charge in [0.25, 0.3) is 0 Å². The summed E-state index contributed by atoms with van der Waals surface area (Å²) in [5.41, 5.74) is 4.71. The Balaban J connectivity index is 0. The van der Waals surface area contributed by atoms with E-state index < -0.39 is 0 Å². The van der Waals surface area contributed by atoms with Crippen molar-refractivity contribution in [3.63, 3.8) is 0 Å². The molecule has 4 heteroatoms. The maximum absolute atomic E-state index is 4.71. The van der Waals surface area contributed by atoms with Crippen molar-refractivity contribution in [1.82, 2.24) is 0 Å². The third-order valence-electron chi connectivity index (χ3n) is 2.13. The summed E-state index contributed by atoms with van der Waals surface area (Å²) >= 11 is 7.65. The van der Waals surface area contributed by atoms with E-state index in [1.807, 2.05) is 0 Å². The SMILES string of the molecule is NC(=S)S.[CH2-]CC1CCCCC1.[Na+]. The quantitative estimate of drug-likeness (QED) is 0.284. The van der Waals surface area contributed by atoms with Crippen LogP contribution in [0.5, 0.6) is 0 Å². The van der Waals surface area contributed by atoms with E-state index in [9.17, 15) is 0 Å². The van der Waals surface area contributed by atoms with Gasteiger partial charge in [0.2, 0.25) is 0 Å². The third kappa shape index (κ3) is 13.2. The molecule has 1 rings (SSSR count). The monoisotopic (exact) mass is 227 g/mol. The van der Waals surface area contributed by atoms with E-state index in [1.165, 1.54) is 38.5 Å². The zero-order valence-corrected chi connectivity index (χ0v) is 12.2. The van der Waals surface area contributed by atoms with Crippen molar-refractivity contribution in [2.75, 3.05) is 0 Å². The van der Waals surface area contributed by atoms with Crippen molar-refractivity contribution in [3.8, 4) is 0 Å². The van der Waals surface area contributed by atoms with Crippen LogP contribution in [0.25, 0.3) is 0 Å². The molecule has 0 heterocycles. The molecule has 1 aliphatic carbocycles. The number of thiol groups is 1. The van der Waals surface area contributed by atoms with E-state index in [-0.39, 0.29) is 33.9 Å². The fraction of sp³-hybridized carbons (Fsp3) is 0.778. The fourth-order valence-corrected chi connectivity index (χ4v) is 1.48. The Bertz CT molecular complexity index is 121. The summed E-state index contributed by atoms with van der Waals surface area (Å²) < 4.78 is 0.194. The molecule has 1 aliphatic rings. The number of nitrogens with two attached hydrogens (primary N) is 1. The molecule has 13 heavy (non-hydrogen) atoms. The molecule has 0 spiro atoms. The Morgan fingerprint density at radius 2 is 1.77 bits per heavy atom. The number of hydrogen-bond donors (Lipinski definition) is 2. The molecule has 0 aromatic rings. The van der Waals surface area contributed by atoms with E-state index in [2.05, 4.69) is 31.8 Å². The van der Waals surface area contributed by atoms with Gasteiger partial charge in [0, 0.05) is 0 Å². The molecule has 0 unspecified atom stereocenters. The van der Waals surface area contributed by atoms with E-state index in [4.69, 9.17) is 5.73 Å². The maximum atomic E-state index is 4.71. The summed E-state index contributed by atoms with van der Waals surface area (Å²) in [5.74, 6) is 0.976. The van der Waals surface area contributed by atoms with E-state index in [1.54, 1.807) is 0 Å². The summed E-state index contributed by atoms with van der Waals surface area (Å²) in [5, 5.41) is 0. The van der Waals surface area contributed by atoms with E-state index in [0.29, 0.717) is 0 Å². The fourth-order valence-electron chi connectivity index (χ4n) is 1.48. The van der Waals surface area contributed by atoms with Gasteiger partial charge in [-0.25, -0.2) is 0 Å². The molecular formula is C9H18NNaS2. The molecule has 2 N–H and O–H groups in total. The first-order valence-corrected chi connectivity index (χ1v) is 5.30. The zero-order valence-electron chi connectivity index (χ0n) is 8.46. The van der Waals surface area contributed by atoms with Crippen LogP contribution in [0.2, 0.25) is 0 Å². The van der Waals surface area contributed by atoms with Crippen LogP contribution in [-0.2, 0) is 0 Å². The van der Waals surface area contributed by atoms with Crippen molar-refractivity contribution >= 4 is 29.2 Å². The van der Waals surface area contributed by atoms with Gasteiger partial charge in [-0.3, -0.25) is 0 Å². The largest absolute Gasteiger partial charge is 1.00 e. The molecule has 0 aromatic heterocycles. The van der Waals surface area contributed by atoms with Gasteiger partial charge in [-0.2, -0.15) is 6.42 Å². The van der Waals surface area contributed by atoms with Crippen molar-refractivity contribution in [1.29, 1.82) is 0 Å². The predicted octanol–water partition coefficient (Wildman–Crippen LogP) is -0.0453. The summed E-state index contributed by atoms with van der Waals surface area (Å²) in [4.78, 5) is 0. The molecule has 1 nitrogen and oxygen atoms in total. The standard InChI is InChI=1S/C8H15.CH3NS2.Na/c1-2-8-6-4-3-5-7-8;2-1(3)4;/h8H,1-7H2;(H3,2,3,4);/q-1;;+1. The molecule has 0 bridgehead atoms. The molecule has 1 saturated carbocycles. The topological polar surface area (TPSA) is 26.0 Å². The van der Waals surface area contributed by atoms with Crippen molar-refractivity contribution in [2.45, 2.75) is 38.5 Å². The van der Waals surface area contributed by atoms with Gasteiger partial charge >= 0.3 is 29.6 Å². The van der Waals surface area contributed by atoms with Crippen molar-refractivity contribution in [2.24, 2.45) is 11.7 Å². The smallest absolute Gasteiger partial charge is 0.385 e. The van der Waals surface area contributed by atoms with Gasteiger partial charge in [0.15, 0.2) is 0 Å². The third-order valence-corrected chi connectivity index (χ3v) is 2.13. The van der Waals surface area contributed by atoms with Crippen molar-refractivity contribution < 1.29 is 29.6 Å². The van der Waals surface area contributed by atoms with Crippen LogP contribution in [0.15, 0.2) is 0 Å². The van der Waals surface area contributed by atoms with Crippen LogP contribution < -0.4 is 35.3 Å². The van der Waals surface area contributed by atoms with Gasteiger partial charge in [0.1, 0.15) is 4.32 Å². The summed E-state index contributed by atoms with van der Waals surface area (Å²) in [6, 6.07) is 0. The second-order valence-corrected chi connectivity index (χ2v) is 4.36. The summed E-state index contributed by atoms with van der Waals surface area (Å²) in [6.45, 7) is 3.91. The average molecular weight is 227 g/mol. The Kier molecular flexibility index (Phi) is 14.5. The Hall–Kier alpha value is 1.24. The normalized spacial score (nSPS) is 16.5. The van der Waals surface area contributed by atoms with E-state index >= 15 is 0 Å². The summed E-state index contributed by atoms with van der Waals surface area (Å²) in [7, 11) is 0. The van der Waals surface area contributed by atoms with Gasteiger partial charge in [-0.15, -0.1) is 12.6 Å². The van der Waals surface area contributed by atoms with E-state index in [0.717, 1.165) is 5.92 Å². The van der Waals surface area contributed by atoms with Crippen LogP contribution in [0.4, 0.5) is 0 Å². The first-order chi connectivity index (χ1) is 5.66. The zero-order chi connectivity index (χ0) is 9.40. The van der Waals surface area contributed by atoms with Crippen LogP contribution in [0, 0.1) is 12.8 Å². The molecular weight excluding hydrogens is 209 g/mol. The molecule has 0 amide bonds. The average Bonchev–Trinajstić information content (AvgIpc) is 2.05. The number of hydrogen-bond acceptors (Lipinski definition) is 1. The van der Waals surface area contributed by atoms with Crippen LogP contribution in [0.3, 0.4) is 0 Å². The molecule has 0 radical (unpaired) electrons. The van der Waals surface area contributed by atoms with Gasteiger partial charge in [0.05, 0.1) is 0 Å². The van der Waals surface area contributed by atoms with Crippen LogP contribution in [0.1, 0.15) is 38.5 Å². The molecule has 0 aliphatic heterocycles. The minimum Gasteiger partial charge on any atom is -0.385 e. The maximum Gasteiger partial charge on any atom is 1.00 e. The number of rotatable bonds is 1. The predicted molar refractivity (Wildman–Crippen MR) is 62.3 cm³/mol. The van der Waals surface area contributed by atoms with Gasteiger partial charge in [-0.1, -0.05) is 50.2 Å². The van der Waals surface area contributed by atoms with Gasteiger partial charge < -0.3 is 12.7 Å². The molecule has 0 atom stereocenters. The van der Waals surface area contributed by atoms with Gasteiger partial charge in [-0.05, 0) is 0 Å². The molecule has 0 saturated heterocycles. The van der Waals surface area contributed by atoms with Crippen molar-refractivity contribution in [3.05, 3.63) is 6.92 Å². The first-order valence-electron chi connectivity index (χ1n) is 4.44. The second-order valence-electron chi connectivity index (χ2n) is 3.13. The molecule has 1 fully saturated rings. The summed E-state index contributed by atoms with van der Waals surface area (Å²) in [6.07, 6.45) is 8.45.